The van der Waals surface area contributed by atoms with Crippen LogP contribution < -0.4 is 4.74 Å². The summed E-state index contributed by atoms with van der Waals surface area (Å²) in [5, 5.41) is 17.4. The van der Waals surface area contributed by atoms with Crippen molar-refractivity contribution in [2.24, 2.45) is 0 Å². The van der Waals surface area contributed by atoms with Crippen molar-refractivity contribution in [2.75, 3.05) is 7.11 Å². The van der Waals surface area contributed by atoms with E-state index >= 15 is 0 Å². The number of benzene rings is 1. The molecule has 0 radical (unpaired) electrons. The highest BCUT2D eigenvalue weighted by Crippen LogP contribution is 2.26. The standard InChI is InChI=1S/C9H7FO5/c1-15-7-5(10)3-2-4(8(11)12)6(7)9(13)14/h2-3H,1H3,(H,11,12)(H,13,14). The maximum Gasteiger partial charge on any atom is 0.340 e. The van der Waals surface area contributed by atoms with Crippen LogP contribution in [0.4, 0.5) is 4.39 Å². The normalized spacial score (nSPS) is 9.73. The fourth-order valence-corrected chi connectivity index (χ4v) is 1.15. The fourth-order valence-electron chi connectivity index (χ4n) is 1.15. The lowest BCUT2D eigenvalue weighted by Gasteiger charge is -2.08. The average molecular weight is 214 g/mol. The van der Waals surface area contributed by atoms with Crippen LogP contribution in [0.25, 0.3) is 0 Å². The van der Waals surface area contributed by atoms with Crippen molar-refractivity contribution in [2.45, 2.75) is 0 Å². The Balaban J connectivity index is 3.56. The number of methoxy groups -OCH3 is 1. The van der Waals surface area contributed by atoms with Gasteiger partial charge in [0.2, 0.25) is 0 Å². The molecule has 0 unspecified atom stereocenters. The molecular formula is C9H7FO5. The molecule has 0 saturated carbocycles. The summed E-state index contributed by atoms with van der Waals surface area (Å²) in [6.07, 6.45) is 0. The monoisotopic (exact) mass is 214 g/mol. The molecule has 0 heterocycles. The van der Waals surface area contributed by atoms with Gasteiger partial charge in [-0.1, -0.05) is 0 Å². The van der Waals surface area contributed by atoms with Crippen molar-refractivity contribution in [3.8, 4) is 5.75 Å². The maximum atomic E-state index is 13.1. The summed E-state index contributed by atoms with van der Waals surface area (Å²) < 4.78 is 17.6. The second-order valence-electron chi connectivity index (χ2n) is 2.61. The molecule has 0 fully saturated rings. The molecule has 80 valence electrons. The lowest BCUT2D eigenvalue weighted by molar-refractivity contribution is 0.0647. The Morgan fingerprint density at radius 1 is 1.27 bits per heavy atom. The third-order valence-electron chi connectivity index (χ3n) is 1.76. The highest BCUT2D eigenvalue weighted by molar-refractivity contribution is 6.03. The van der Waals surface area contributed by atoms with Gasteiger partial charge in [-0.25, -0.2) is 14.0 Å². The molecule has 0 atom stereocenters. The summed E-state index contributed by atoms with van der Waals surface area (Å²) in [6.45, 7) is 0. The van der Waals surface area contributed by atoms with Crippen LogP contribution >= 0.6 is 0 Å². The van der Waals surface area contributed by atoms with Crippen molar-refractivity contribution in [3.63, 3.8) is 0 Å². The van der Waals surface area contributed by atoms with Crippen LogP contribution in [-0.2, 0) is 0 Å². The van der Waals surface area contributed by atoms with Gasteiger partial charge in [-0.15, -0.1) is 0 Å². The van der Waals surface area contributed by atoms with Crippen molar-refractivity contribution < 1.29 is 28.9 Å². The molecule has 1 aromatic carbocycles. The molecule has 6 heteroatoms. The maximum absolute atomic E-state index is 13.1. The van der Waals surface area contributed by atoms with Crippen LogP contribution in [0.2, 0.25) is 0 Å². The van der Waals surface area contributed by atoms with E-state index in [1.165, 1.54) is 0 Å². The number of hydrogen-bond donors (Lipinski definition) is 2. The van der Waals surface area contributed by atoms with Crippen LogP contribution in [0.5, 0.6) is 5.75 Å². The Bertz CT molecular complexity index is 427. The number of carboxylic acids is 2. The summed E-state index contributed by atoms with van der Waals surface area (Å²) >= 11 is 0. The van der Waals surface area contributed by atoms with Crippen LogP contribution in [0.15, 0.2) is 12.1 Å². The van der Waals surface area contributed by atoms with Crippen molar-refractivity contribution in [1.82, 2.24) is 0 Å². The SMILES string of the molecule is COc1c(F)ccc(C(=O)O)c1C(=O)O. The molecule has 1 aromatic rings. The topological polar surface area (TPSA) is 83.8 Å². The van der Waals surface area contributed by atoms with Crippen LogP contribution in [0.1, 0.15) is 20.7 Å². The Morgan fingerprint density at radius 3 is 2.27 bits per heavy atom. The quantitative estimate of drug-likeness (QED) is 0.790. The van der Waals surface area contributed by atoms with Gasteiger partial charge in [-0.05, 0) is 12.1 Å². The zero-order chi connectivity index (χ0) is 11.6. The van der Waals surface area contributed by atoms with Gasteiger partial charge >= 0.3 is 11.9 Å². The minimum Gasteiger partial charge on any atom is -0.493 e. The smallest absolute Gasteiger partial charge is 0.340 e. The third kappa shape index (κ3) is 1.88. The largest absolute Gasteiger partial charge is 0.493 e. The first-order valence-corrected chi connectivity index (χ1v) is 3.82. The molecule has 0 bridgehead atoms. The van der Waals surface area contributed by atoms with Crippen molar-refractivity contribution >= 4 is 11.9 Å². The first-order chi connectivity index (χ1) is 6.99. The summed E-state index contributed by atoms with van der Waals surface area (Å²) in [7, 11) is 1.07. The van der Waals surface area contributed by atoms with E-state index in [1.807, 2.05) is 0 Å². The Hall–Kier alpha value is -2.11. The van der Waals surface area contributed by atoms with E-state index in [-0.39, 0.29) is 0 Å². The summed E-state index contributed by atoms with van der Waals surface area (Å²) in [5.74, 6) is -4.50. The number of rotatable bonds is 3. The minimum atomic E-state index is -1.55. The molecule has 1 rings (SSSR count). The predicted octanol–water partition coefficient (Wildman–Crippen LogP) is 1.23. The van der Waals surface area contributed by atoms with Crippen LogP contribution in [-0.4, -0.2) is 29.3 Å². The molecule has 2 N–H and O–H groups in total. The van der Waals surface area contributed by atoms with E-state index < -0.39 is 34.6 Å². The molecule has 0 aliphatic heterocycles. The number of ether oxygens (including phenoxy) is 1. The first-order valence-electron chi connectivity index (χ1n) is 3.82. The van der Waals surface area contributed by atoms with Crippen LogP contribution in [0.3, 0.4) is 0 Å². The summed E-state index contributed by atoms with van der Waals surface area (Å²) in [4.78, 5) is 21.4. The molecular weight excluding hydrogens is 207 g/mol. The molecule has 15 heavy (non-hydrogen) atoms. The van der Waals surface area contributed by atoms with Crippen molar-refractivity contribution in [1.29, 1.82) is 0 Å². The van der Waals surface area contributed by atoms with E-state index in [2.05, 4.69) is 4.74 Å². The second kappa shape index (κ2) is 3.95. The zero-order valence-corrected chi connectivity index (χ0v) is 7.65. The van der Waals surface area contributed by atoms with Gasteiger partial charge < -0.3 is 14.9 Å². The Kier molecular flexibility index (Phi) is 2.89. The highest BCUT2D eigenvalue weighted by Gasteiger charge is 2.23. The molecule has 0 aliphatic carbocycles. The predicted molar refractivity (Wildman–Crippen MR) is 46.9 cm³/mol. The van der Waals surface area contributed by atoms with Gasteiger partial charge in [0.25, 0.3) is 0 Å². The zero-order valence-electron chi connectivity index (χ0n) is 7.65. The van der Waals surface area contributed by atoms with Gasteiger partial charge in [0, 0.05) is 0 Å². The van der Waals surface area contributed by atoms with E-state index in [4.69, 9.17) is 10.2 Å². The molecule has 0 amide bonds. The fraction of sp³-hybridized carbons (Fsp3) is 0.111. The second-order valence-corrected chi connectivity index (χ2v) is 2.61. The van der Waals surface area contributed by atoms with Gasteiger partial charge in [-0.3, -0.25) is 0 Å². The van der Waals surface area contributed by atoms with E-state index in [1.54, 1.807) is 0 Å². The summed E-state index contributed by atoms with van der Waals surface area (Å²) in [6, 6.07) is 1.72. The molecule has 0 aliphatic rings. The van der Waals surface area contributed by atoms with Crippen molar-refractivity contribution in [3.05, 3.63) is 29.1 Å². The molecule has 0 aromatic heterocycles. The van der Waals surface area contributed by atoms with E-state index in [0.717, 1.165) is 19.2 Å². The van der Waals surface area contributed by atoms with Gasteiger partial charge in [0.05, 0.1) is 12.7 Å². The number of hydrogen-bond acceptors (Lipinski definition) is 3. The Morgan fingerprint density at radius 2 is 1.87 bits per heavy atom. The molecule has 0 spiro atoms. The van der Waals surface area contributed by atoms with Gasteiger partial charge in [0.1, 0.15) is 5.56 Å². The van der Waals surface area contributed by atoms with E-state index in [9.17, 15) is 14.0 Å². The third-order valence-corrected chi connectivity index (χ3v) is 1.76. The first kappa shape index (κ1) is 11.0. The van der Waals surface area contributed by atoms with Gasteiger partial charge in [-0.2, -0.15) is 0 Å². The number of halogens is 1. The molecule has 0 saturated heterocycles. The summed E-state index contributed by atoms with van der Waals surface area (Å²) in [5.41, 5.74) is -1.20. The van der Waals surface area contributed by atoms with Crippen LogP contribution in [0, 0.1) is 5.82 Å². The number of carboxylic acid groups (broad SMARTS) is 2. The lowest BCUT2D eigenvalue weighted by Crippen LogP contribution is -2.11. The lowest BCUT2D eigenvalue weighted by atomic mass is 10.1. The van der Waals surface area contributed by atoms with E-state index in [0.29, 0.717) is 0 Å². The highest BCUT2D eigenvalue weighted by atomic mass is 19.1. The molecule has 5 nitrogen and oxygen atoms in total. The number of carbonyl (C=O) groups is 2. The Labute approximate surface area is 83.7 Å². The average Bonchev–Trinajstić information content (AvgIpc) is 2.16. The van der Waals surface area contributed by atoms with Gasteiger partial charge in [0.15, 0.2) is 11.6 Å². The number of aromatic carboxylic acids is 2. The minimum absolute atomic E-state index is 0.513.